The second-order valence-corrected chi connectivity index (χ2v) is 8.68. The minimum atomic E-state index is -4.49. The van der Waals surface area contributed by atoms with Crippen LogP contribution in [0.25, 0.3) is 0 Å². The van der Waals surface area contributed by atoms with E-state index in [0.717, 1.165) is 49.1 Å². The summed E-state index contributed by atoms with van der Waals surface area (Å²) in [6, 6.07) is 10.8. The molecule has 1 atom stereocenters. The fraction of sp³-hybridized carbons (Fsp3) is 0.500. The van der Waals surface area contributed by atoms with Gasteiger partial charge in [0.05, 0.1) is 18.7 Å². The third-order valence-corrected chi connectivity index (χ3v) is 5.66. The number of unbranched alkanes of at least 4 members (excludes halogenated alkanes) is 2. The van der Waals surface area contributed by atoms with Gasteiger partial charge in [-0.05, 0) is 55.3 Å². The minimum absolute atomic E-state index is 0.00918. The highest BCUT2D eigenvalue weighted by Gasteiger charge is 2.30. The number of amides is 1. The van der Waals surface area contributed by atoms with Crippen LogP contribution in [0.2, 0.25) is 0 Å². The maximum atomic E-state index is 12.8. The number of carbonyl (C=O) groups is 2. The number of aliphatic carboxylic acids is 1. The first-order chi connectivity index (χ1) is 18.6. The standard InChI is InChI=1S/C28H36F3NO7/c1-3-5-6-17-36-18-15-32(27(35)39-24-13-9-22(10-14-24)28(29,30)31)16-19-38-23-11-7-21(8-12-23)20-25(26(33)34)37-4-2/h7-14,25H,3-6,15-20H2,1-2H3,(H,33,34). The number of nitrogens with zero attached hydrogens (tertiary/aromatic N) is 1. The highest BCUT2D eigenvalue weighted by molar-refractivity contribution is 5.72. The molecule has 0 saturated carbocycles. The van der Waals surface area contributed by atoms with Crippen LogP contribution in [0.4, 0.5) is 18.0 Å². The van der Waals surface area contributed by atoms with Gasteiger partial charge in [0.25, 0.3) is 0 Å². The van der Waals surface area contributed by atoms with E-state index in [1.165, 1.54) is 4.90 Å². The molecule has 2 aromatic carbocycles. The van der Waals surface area contributed by atoms with Crippen LogP contribution in [0.15, 0.2) is 48.5 Å². The molecule has 0 aromatic heterocycles. The van der Waals surface area contributed by atoms with Gasteiger partial charge in [-0.1, -0.05) is 31.9 Å². The van der Waals surface area contributed by atoms with Gasteiger partial charge < -0.3 is 29.0 Å². The number of halogens is 3. The number of benzene rings is 2. The first-order valence-electron chi connectivity index (χ1n) is 12.9. The van der Waals surface area contributed by atoms with E-state index in [1.54, 1.807) is 31.2 Å². The number of carbonyl (C=O) groups excluding carboxylic acids is 1. The predicted octanol–water partition coefficient (Wildman–Crippen LogP) is 5.82. The van der Waals surface area contributed by atoms with E-state index in [4.69, 9.17) is 18.9 Å². The maximum absolute atomic E-state index is 12.8. The summed E-state index contributed by atoms with van der Waals surface area (Å²) in [5.74, 6) is -0.520. The Kier molecular flexibility index (Phi) is 13.6. The van der Waals surface area contributed by atoms with Crippen molar-refractivity contribution in [1.82, 2.24) is 4.90 Å². The Balaban J connectivity index is 1.94. The second-order valence-electron chi connectivity index (χ2n) is 8.68. The number of carboxylic acids is 1. The van der Waals surface area contributed by atoms with Crippen molar-refractivity contribution in [2.24, 2.45) is 0 Å². The fourth-order valence-corrected chi connectivity index (χ4v) is 3.53. The van der Waals surface area contributed by atoms with E-state index in [0.29, 0.717) is 19.0 Å². The normalized spacial score (nSPS) is 12.1. The molecule has 11 heteroatoms. The number of alkyl halides is 3. The van der Waals surface area contributed by atoms with Crippen LogP contribution in [0.5, 0.6) is 11.5 Å². The zero-order valence-corrected chi connectivity index (χ0v) is 22.2. The Morgan fingerprint density at radius 1 is 0.897 bits per heavy atom. The van der Waals surface area contributed by atoms with Gasteiger partial charge in [0, 0.05) is 26.2 Å². The molecular weight excluding hydrogens is 519 g/mol. The van der Waals surface area contributed by atoms with Crippen molar-refractivity contribution in [3.8, 4) is 11.5 Å². The van der Waals surface area contributed by atoms with Gasteiger partial charge in [0.2, 0.25) is 0 Å². The molecule has 0 saturated heterocycles. The molecule has 0 spiro atoms. The number of hydrogen-bond acceptors (Lipinski definition) is 6. The summed E-state index contributed by atoms with van der Waals surface area (Å²) in [6.07, 6.45) is -2.94. The molecular formula is C28H36F3NO7. The van der Waals surface area contributed by atoms with Crippen molar-refractivity contribution in [2.45, 2.75) is 51.8 Å². The summed E-state index contributed by atoms with van der Waals surface area (Å²) in [5.41, 5.74) is -0.0689. The van der Waals surface area contributed by atoms with Gasteiger partial charge in [-0.2, -0.15) is 13.2 Å². The van der Waals surface area contributed by atoms with Crippen molar-refractivity contribution in [2.75, 3.05) is 39.5 Å². The lowest BCUT2D eigenvalue weighted by Gasteiger charge is -2.22. The van der Waals surface area contributed by atoms with Gasteiger partial charge in [0.1, 0.15) is 18.1 Å². The third-order valence-electron chi connectivity index (χ3n) is 5.66. The van der Waals surface area contributed by atoms with Crippen LogP contribution < -0.4 is 9.47 Å². The van der Waals surface area contributed by atoms with Gasteiger partial charge in [-0.3, -0.25) is 0 Å². The Bertz CT molecular complexity index is 998. The van der Waals surface area contributed by atoms with Gasteiger partial charge in [0.15, 0.2) is 6.10 Å². The second kappa shape index (κ2) is 16.6. The van der Waals surface area contributed by atoms with Crippen LogP contribution in [0.3, 0.4) is 0 Å². The zero-order valence-electron chi connectivity index (χ0n) is 22.2. The Morgan fingerprint density at radius 2 is 1.54 bits per heavy atom. The van der Waals surface area contributed by atoms with Crippen LogP contribution >= 0.6 is 0 Å². The number of hydrogen-bond donors (Lipinski definition) is 1. The van der Waals surface area contributed by atoms with Crippen molar-refractivity contribution < 1.29 is 46.8 Å². The molecule has 0 radical (unpaired) electrons. The molecule has 1 N–H and O–H groups in total. The lowest BCUT2D eigenvalue weighted by atomic mass is 10.1. The third kappa shape index (κ3) is 12.0. The smallest absolute Gasteiger partial charge is 0.416 e. The van der Waals surface area contributed by atoms with E-state index >= 15 is 0 Å². The van der Waals surface area contributed by atoms with Gasteiger partial charge >= 0.3 is 18.2 Å². The summed E-state index contributed by atoms with van der Waals surface area (Å²) >= 11 is 0. The van der Waals surface area contributed by atoms with Gasteiger partial charge in [-0.15, -0.1) is 0 Å². The van der Waals surface area contributed by atoms with Crippen LogP contribution in [0, 0.1) is 0 Å². The lowest BCUT2D eigenvalue weighted by molar-refractivity contribution is -0.150. The summed E-state index contributed by atoms with van der Waals surface area (Å²) in [4.78, 5) is 25.4. The summed E-state index contributed by atoms with van der Waals surface area (Å²) in [5, 5.41) is 9.24. The molecule has 0 heterocycles. The molecule has 1 unspecified atom stereocenters. The quantitative estimate of drug-likeness (QED) is 0.246. The molecule has 8 nitrogen and oxygen atoms in total. The lowest BCUT2D eigenvalue weighted by Crippen LogP contribution is -2.39. The van der Waals surface area contributed by atoms with E-state index in [1.807, 2.05) is 0 Å². The van der Waals surface area contributed by atoms with Crippen LogP contribution in [-0.4, -0.2) is 67.7 Å². The van der Waals surface area contributed by atoms with E-state index in [2.05, 4.69) is 6.92 Å². The molecule has 39 heavy (non-hydrogen) atoms. The fourth-order valence-electron chi connectivity index (χ4n) is 3.53. The van der Waals surface area contributed by atoms with E-state index in [-0.39, 0.29) is 38.5 Å². The van der Waals surface area contributed by atoms with Crippen molar-refractivity contribution in [1.29, 1.82) is 0 Å². The van der Waals surface area contributed by atoms with Crippen molar-refractivity contribution >= 4 is 12.1 Å². The van der Waals surface area contributed by atoms with Gasteiger partial charge in [-0.25, -0.2) is 9.59 Å². The summed E-state index contributed by atoms with van der Waals surface area (Å²) in [6.45, 7) is 5.41. The molecule has 2 aromatic rings. The first-order valence-corrected chi connectivity index (χ1v) is 12.9. The Labute approximate surface area is 226 Å². The summed E-state index contributed by atoms with van der Waals surface area (Å²) in [7, 11) is 0. The molecule has 0 aliphatic rings. The van der Waals surface area contributed by atoms with Crippen molar-refractivity contribution in [3.63, 3.8) is 0 Å². The minimum Gasteiger partial charge on any atom is -0.492 e. The predicted molar refractivity (Wildman–Crippen MR) is 138 cm³/mol. The maximum Gasteiger partial charge on any atom is 0.416 e. The first kappa shape index (κ1) is 31.9. The van der Waals surface area contributed by atoms with Crippen LogP contribution in [-0.2, 0) is 26.9 Å². The molecule has 0 aliphatic heterocycles. The number of carboxylic acid groups (broad SMARTS) is 1. The topological polar surface area (TPSA) is 94.5 Å². The SMILES string of the molecule is CCCCCOCCN(CCOc1ccc(CC(OCC)C(=O)O)cc1)C(=O)Oc1ccc(C(F)(F)F)cc1. The molecule has 0 fully saturated rings. The number of rotatable bonds is 17. The molecule has 0 bridgehead atoms. The molecule has 0 aliphatic carbocycles. The average molecular weight is 556 g/mol. The number of ether oxygens (including phenoxy) is 4. The van der Waals surface area contributed by atoms with E-state index < -0.39 is 29.9 Å². The molecule has 2 rings (SSSR count). The van der Waals surface area contributed by atoms with Crippen LogP contribution in [0.1, 0.15) is 44.2 Å². The Morgan fingerprint density at radius 3 is 2.13 bits per heavy atom. The highest BCUT2D eigenvalue weighted by atomic mass is 19.4. The zero-order chi connectivity index (χ0) is 28.7. The summed E-state index contributed by atoms with van der Waals surface area (Å²) < 4.78 is 60.3. The highest BCUT2D eigenvalue weighted by Crippen LogP contribution is 2.30. The monoisotopic (exact) mass is 555 g/mol. The Hall–Kier alpha value is -3.31. The molecule has 216 valence electrons. The van der Waals surface area contributed by atoms with E-state index in [9.17, 15) is 27.9 Å². The average Bonchev–Trinajstić information content (AvgIpc) is 2.90. The van der Waals surface area contributed by atoms with Crippen molar-refractivity contribution in [3.05, 3.63) is 59.7 Å². The largest absolute Gasteiger partial charge is 0.492 e. The molecule has 1 amide bonds.